The van der Waals surface area contributed by atoms with Crippen LogP contribution in [0.4, 0.5) is 0 Å². The largest absolute Gasteiger partial charge is 0.346 e. The van der Waals surface area contributed by atoms with Gasteiger partial charge in [0.15, 0.2) is 0 Å². The van der Waals surface area contributed by atoms with Crippen molar-refractivity contribution in [1.82, 2.24) is 24.7 Å². The topological polar surface area (TPSA) is 92.1 Å². The minimum atomic E-state index is -0.179. The van der Waals surface area contributed by atoms with E-state index in [4.69, 9.17) is 0 Å². The number of hydrogen-bond donors (Lipinski definition) is 2. The Balaban J connectivity index is 1.54. The SMILES string of the molecule is O=C(NCc1ccccn1)c1ccc2[nH]c(=O)c3cnc(C4CCCCC4)n3c2c1. The zero-order valence-corrected chi connectivity index (χ0v) is 16.6. The first-order valence-electron chi connectivity index (χ1n) is 10.4. The second kappa shape index (κ2) is 7.74. The van der Waals surface area contributed by atoms with Crippen molar-refractivity contribution in [2.75, 3.05) is 0 Å². The maximum Gasteiger partial charge on any atom is 0.274 e. The van der Waals surface area contributed by atoms with Crippen molar-refractivity contribution in [2.45, 2.75) is 44.6 Å². The lowest BCUT2D eigenvalue weighted by Gasteiger charge is -2.21. The van der Waals surface area contributed by atoms with Gasteiger partial charge in [-0.05, 0) is 43.2 Å². The average molecular weight is 401 g/mol. The number of benzene rings is 1. The number of amides is 1. The van der Waals surface area contributed by atoms with E-state index in [1.165, 1.54) is 19.3 Å². The van der Waals surface area contributed by atoms with Crippen molar-refractivity contribution in [3.05, 3.63) is 76.2 Å². The molecule has 0 bridgehead atoms. The van der Waals surface area contributed by atoms with E-state index in [9.17, 15) is 9.59 Å². The Labute approximate surface area is 173 Å². The first-order valence-corrected chi connectivity index (χ1v) is 10.4. The lowest BCUT2D eigenvalue weighted by atomic mass is 9.88. The highest BCUT2D eigenvalue weighted by Gasteiger charge is 2.22. The molecule has 7 heteroatoms. The number of H-pyrrole nitrogens is 1. The van der Waals surface area contributed by atoms with Crippen LogP contribution >= 0.6 is 0 Å². The number of rotatable bonds is 4. The van der Waals surface area contributed by atoms with Crippen LogP contribution in [0.15, 0.2) is 53.6 Å². The van der Waals surface area contributed by atoms with Gasteiger partial charge in [0.2, 0.25) is 0 Å². The summed E-state index contributed by atoms with van der Waals surface area (Å²) in [6.45, 7) is 0.358. The molecule has 30 heavy (non-hydrogen) atoms. The van der Waals surface area contributed by atoms with E-state index in [1.807, 2.05) is 28.7 Å². The standard InChI is InChI=1S/C23H23N5O2/c29-22(26-13-17-8-4-5-11-24-17)16-9-10-18-19(12-16)28-20(23(30)27-18)14-25-21(28)15-6-2-1-3-7-15/h4-5,8-12,14-15H,1-3,6-7,13H2,(H,26,29)(H,27,30). The molecule has 1 amide bonds. The molecule has 3 aromatic heterocycles. The zero-order chi connectivity index (χ0) is 20.5. The number of carbonyl (C=O) groups excluding carboxylic acids is 1. The molecule has 0 atom stereocenters. The number of nitrogens with one attached hydrogen (secondary N) is 2. The van der Waals surface area contributed by atoms with E-state index in [2.05, 4.69) is 20.3 Å². The Kier molecular flexibility index (Phi) is 4.78. The van der Waals surface area contributed by atoms with E-state index in [0.29, 0.717) is 29.1 Å². The smallest absolute Gasteiger partial charge is 0.274 e. The van der Waals surface area contributed by atoms with Crippen LogP contribution in [0, 0.1) is 0 Å². The average Bonchev–Trinajstić information content (AvgIpc) is 3.25. The molecule has 1 aliphatic carbocycles. The zero-order valence-electron chi connectivity index (χ0n) is 16.6. The van der Waals surface area contributed by atoms with Crippen LogP contribution in [0.2, 0.25) is 0 Å². The second-order valence-electron chi connectivity index (χ2n) is 7.86. The highest BCUT2D eigenvalue weighted by Crippen LogP contribution is 2.33. The molecule has 1 fully saturated rings. The maximum absolute atomic E-state index is 12.8. The predicted molar refractivity (Wildman–Crippen MR) is 115 cm³/mol. The fourth-order valence-electron chi connectivity index (χ4n) is 4.35. The van der Waals surface area contributed by atoms with Crippen LogP contribution in [0.5, 0.6) is 0 Å². The van der Waals surface area contributed by atoms with E-state index in [0.717, 1.165) is 29.9 Å². The first-order chi connectivity index (χ1) is 14.7. The number of carbonyl (C=O) groups is 1. The molecule has 0 saturated heterocycles. The maximum atomic E-state index is 12.8. The van der Waals surface area contributed by atoms with Gasteiger partial charge in [-0.3, -0.25) is 19.0 Å². The third kappa shape index (κ3) is 3.36. The number of fused-ring (bicyclic) bond motifs is 3. The third-order valence-electron chi connectivity index (χ3n) is 5.90. The van der Waals surface area contributed by atoms with Gasteiger partial charge in [0.05, 0.1) is 29.5 Å². The summed E-state index contributed by atoms with van der Waals surface area (Å²) in [5.41, 5.74) is 3.19. The molecule has 4 aromatic rings. The van der Waals surface area contributed by atoms with Gasteiger partial charge >= 0.3 is 0 Å². The lowest BCUT2D eigenvalue weighted by Crippen LogP contribution is -2.23. The number of aromatic amines is 1. The molecule has 0 radical (unpaired) electrons. The summed E-state index contributed by atoms with van der Waals surface area (Å²) in [7, 11) is 0. The Bertz CT molecular complexity index is 1270. The number of pyridine rings is 1. The Morgan fingerprint density at radius 1 is 1.10 bits per heavy atom. The lowest BCUT2D eigenvalue weighted by molar-refractivity contribution is 0.0950. The van der Waals surface area contributed by atoms with E-state index in [1.54, 1.807) is 24.5 Å². The van der Waals surface area contributed by atoms with Gasteiger partial charge in [-0.2, -0.15) is 0 Å². The molecule has 5 rings (SSSR count). The molecule has 0 unspecified atom stereocenters. The van der Waals surface area contributed by atoms with Gasteiger partial charge in [-0.25, -0.2) is 4.98 Å². The Morgan fingerprint density at radius 2 is 1.97 bits per heavy atom. The van der Waals surface area contributed by atoms with Crippen molar-refractivity contribution >= 4 is 22.5 Å². The number of nitrogens with zero attached hydrogens (tertiary/aromatic N) is 3. The van der Waals surface area contributed by atoms with Crippen LogP contribution < -0.4 is 10.9 Å². The number of aromatic nitrogens is 4. The van der Waals surface area contributed by atoms with Gasteiger partial charge in [0, 0.05) is 17.7 Å². The molecular weight excluding hydrogens is 378 g/mol. The molecule has 1 aromatic carbocycles. The van der Waals surface area contributed by atoms with E-state index < -0.39 is 0 Å². The molecular formula is C23H23N5O2. The van der Waals surface area contributed by atoms with Gasteiger partial charge in [-0.15, -0.1) is 0 Å². The van der Waals surface area contributed by atoms with Crippen molar-refractivity contribution in [3.8, 4) is 0 Å². The molecule has 0 aliphatic heterocycles. The molecule has 2 N–H and O–H groups in total. The minimum Gasteiger partial charge on any atom is -0.346 e. The van der Waals surface area contributed by atoms with Gasteiger partial charge in [0.1, 0.15) is 11.3 Å². The summed E-state index contributed by atoms with van der Waals surface area (Å²) < 4.78 is 1.94. The Morgan fingerprint density at radius 3 is 2.77 bits per heavy atom. The van der Waals surface area contributed by atoms with Crippen molar-refractivity contribution < 1.29 is 4.79 Å². The summed E-state index contributed by atoms with van der Waals surface area (Å²) in [5.74, 6) is 1.08. The molecule has 1 aliphatic rings. The van der Waals surface area contributed by atoms with Gasteiger partial charge in [-0.1, -0.05) is 25.3 Å². The van der Waals surface area contributed by atoms with Crippen molar-refractivity contribution in [2.24, 2.45) is 0 Å². The van der Waals surface area contributed by atoms with Crippen LogP contribution in [0.25, 0.3) is 16.6 Å². The van der Waals surface area contributed by atoms with Crippen molar-refractivity contribution in [3.63, 3.8) is 0 Å². The Hall–Kier alpha value is -3.48. The summed E-state index contributed by atoms with van der Waals surface area (Å²) in [6, 6.07) is 11.0. The summed E-state index contributed by atoms with van der Waals surface area (Å²) in [5, 5.41) is 2.91. The minimum absolute atomic E-state index is 0.163. The van der Waals surface area contributed by atoms with Gasteiger partial charge in [0.25, 0.3) is 11.5 Å². The molecule has 7 nitrogen and oxygen atoms in total. The van der Waals surface area contributed by atoms with Gasteiger partial charge < -0.3 is 10.3 Å². The third-order valence-corrected chi connectivity index (χ3v) is 5.90. The van der Waals surface area contributed by atoms with E-state index >= 15 is 0 Å². The fourth-order valence-corrected chi connectivity index (χ4v) is 4.35. The van der Waals surface area contributed by atoms with Crippen LogP contribution in [-0.2, 0) is 6.54 Å². The van der Waals surface area contributed by atoms with Crippen LogP contribution in [-0.4, -0.2) is 25.3 Å². The van der Waals surface area contributed by atoms with Crippen LogP contribution in [0.1, 0.15) is 59.9 Å². The monoisotopic (exact) mass is 401 g/mol. The second-order valence-corrected chi connectivity index (χ2v) is 7.86. The normalized spacial score (nSPS) is 14.9. The fraction of sp³-hybridized carbons (Fsp3) is 0.304. The summed E-state index contributed by atoms with van der Waals surface area (Å²) >= 11 is 0. The van der Waals surface area contributed by atoms with Crippen LogP contribution in [0.3, 0.4) is 0 Å². The highest BCUT2D eigenvalue weighted by molar-refractivity contribution is 5.97. The number of hydrogen-bond acceptors (Lipinski definition) is 4. The first kappa shape index (κ1) is 18.5. The highest BCUT2D eigenvalue weighted by atomic mass is 16.1. The quantitative estimate of drug-likeness (QED) is 0.547. The molecule has 1 saturated carbocycles. The number of imidazole rings is 1. The summed E-state index contributed by atoms with van der Waals surface area (Å²) in [6.07, 6.45) is 9.13. The molecule has 0 spiro atoms. The molecule has 3 heterocycles. The van der Waals surface area contributed by atoms with E-state index in [-0.39, 0.29) is 11.5 Å². The predicted octanol–water partition coefficient (Wildman–Crippen LogP) is 3.55. The van der Waals surface area contributed by atoms with Crippen molar-refractivity contribution in [1.29, 1.82) is 0 Å². The molecule has 152 valence electrons. The summed E-state index contributed by atoms with van der Waals surface area (Å²) in [4.78, 5) is 37.1.